The Morgan fingerprint density at radius 2 is 1.68 bits per heavy atom. The molecule has 0 radical (unpaired) electrons. The Labute approximate surface area is 127 Å². The van der Waals surface area contributed by atoms with Crippen LogP contribution in [0.25, 0.3) is 0 Å². The van der Waals surface area contributed by atoms with Crippen LogP contribution in [0, 0.1) is 0 Å². The monoisotopic (exact) mass is 311 g/mol. The van der Waals surface area contributed by atoms with Gasteiger partial charge in [-0.2, -0.15) is 4.99 Å². The van der Waals surface area contributed by atoms with Crippen LogP contribution in [0.2, 0.25) is 0 Å². The molecule has 0 unspecified atom stereocenters. The van der Waals surface area contributed by atoms with Crippen molar-refractivity contribution in [2.24, 2.45) is 4.99 Å². The van der Waals surface area contributed by atoms with Crippen molar-refractivity contribution in [2.45, 2.75) is 39.5 Å². The molecule has 1 aliphatic rings. The third-order valence-electron chi connectivity index (χ3n) is 3.64. The van der Waals surface area contributed by atoms with Gasteiger partial charge in [0.25, 0.3) is 0 Å². The number of carbonyl (C=O) groups excluding carboxylic acids is 1. The van der Waals surface area contributed by atoms with Crippen LogP contribution in [0.5, 0.6) is 0 Å². The number of hydrogen-bond donors (Lipinski definition) is 0. The van der Waals surface area contributed by atoms with Gasteiger partial charge in [-0.05, 0) is 55.7 Å². The molecule has 0 aliphatic heterocycles. The van der Waals surface area contributed by atoms with Crippen LogP contribution in [-0.2, 0) is 10.3 Å². The molecule has 1 aromatic rings. The number of rotatable bonds is 5. The Morgan fingerprint density at radius 1 is 1.11 bits per heavy atom. The fraction of sp³-hybridized carbons (Fsp3) is 0.500. The van der Waals surface area contributed by atoms with E-state index in [0.717, 1.165) is 19.3 Å². The summed E-state index contributed by atoms with van der Waals surface area (Å²) in [5.41, 5.74) is 0.877. The van der Waals surface area contributed by atoms with Gasteiger partial charge >= 0.3 is 0 Å². The van der Waals surface area contributed by atoms with Crippen molar-refractivity contribution < 1.29 is 4.79 Å². The van der Waals surface area contributed by atoms with Gasteiger partial charge in [-0.25, -0.2) is 4.79 Å². The molecule has 1 aromatic carbocycles. The molecule has 0 amide bonds. The summed E-state index contributed by atoms with van der Waals surface area (Å²) in [4.78, 5) is 18.7. The lowest BCUT2D eigenvalue weighted by atomic mass is 9.72. The molecule has 0 heterocycles. The lowest BCUT2D eigenvalue weighted by Gasteiger charge is -2.37. The summed E-state index contributed by atoms with van der Waals surface area (Å²) < 4.78 is 0. The van der Waals surface area contributed by atoms with Gasteiger partial charge in [0.2, 0.25) is 6.08 Å². The molecule has 1 fully saturated rings. The second-order valence-electron chi connectivity index (χ2n) is 4.50. The molecule has 102 valence electrons. The van der Waals surface area contributed by atoms with Crippen LogP contribution >= 0.6 is 35.3 Å². The molecular formula is C14H17NOS3. The summed E-state index contributed by atoms with van der Waals surface area (Å²) in [6.07, 6.45) is 11.1. The maximum Gasteiger partial charge on any atom is 0.235 e. The van der Waals surface area contributed by atoms with E-state index in [1.54, 1.807) is 41.4 Å². The first kappa shape index (κ1) is 15.0. The largest absolute Gasteiger partial charge is 0.235 e. The molecule has 0 saturated heterocycles. The Balaban J connectivity index is 2.55. The number of nitrogens with zero attached hydrogens (tertiary/aromatic N) is 1. The van der Waals surface area contributed by atoms with Gasteiger partial charge in [-0.1, -0.05) is 0 Å². The van der Waals surface area contributed by atoms with Crippen molar-refractivity contribution in [1.29, 1.82) is 0 Å². The van der Waals surface area contributed by atoms with E-state index in [9.17, 15) is 4.79 Å². The minimum atomic E-state index is -0.298. The third kappa shape index (κ3) is 2.75. The Kier molecular flexibility index (Phi) is 5.07. The Morgan fingerprint density at radius 3 is 2.00 bits per heavy atom. The number of isocyanates is 1. The first-order valence-electron chi connectivity index (χ1n) is 6.10. The number of hydrogen-bond acceptors (Lipinski definition) is 5. The Bertz CT molecular complexity index is 494. The van der Waals surface area contributed by atoms with Gasteiger partial charge in [-0.3, -0.25) is 0 Å². The maximum atomic E-state index is 10.7. The summed E-state index contributed by atoms with van der Waals surface area (Å²) in [5.74, 6) is 0. The number of aliphatic imine (C=N–C) groups is 1. The first-order chi connectivity index (χ1) is 9.20. The van der Waals surface area contributed by atoms with Crippen LogP contribution < -0.4 is 0 Å². The highest BCUT2D eigenvalue weighted by Gasteiger charge is 2.39. The van der Waals surface area contributed by atoms with E-state index < -0.39 is 0 Å². The molecule has 5 heteroatoms. The highest BCUT2D eigenvalue weighted by atomic mass is 32.2. The zero-order valence-electron chi connectivity index (χ0n) is 11.4. The van der Waals surface area contributed by atoms with Crippen molar-refractivity contribution in [3.05, 3.63) is 17.7 Å². The van der Waals surface area contributed by atoms with Crippen LogP contribution in [0.4, 0.5) is 0 Å². The molecule has 2 rings (SSSR count). The maximum absolute atomic E-state index is 10.7. The smallest absolute Gasteiger partial charge is 0.211 e. The molecule has 1 aliphatic carbocycles. The zero-order valence-corrected chi connectivity index (χ0v) is 13.8. The van der Waals surface area contributed by atoms with Crippen LogP contribution in [0.3, 0.4) is 0 Å². The molecule has 2 nitrogen and oxygen atoms in total. The van der Waals surface area contributed by atoms with Gasteiger partial charge in [0.05, 0.1) is 5.54 Å². The fourth-order valence-corrected chi connectivity index (χ4v) is 5.08. The van der Waals surface area contributed by atoms with Crippen molar-refractivity contribution >= 4 is 41.4 Å². The summed E-state index contributed by atoms with van der Waals surface area (Å²) in [6, 6.07) is 4.41. The predicted molar refractivity (Wildman–Crippen MR) is 85.4 cm³/mol. The van der Waals surface area contributed by atoms with E-state index in [-0.39, 0.29) is 5.54 Å². The highest BCUT2D eigenvalue weighted by Crippen LogP contribution is 2.48. The van der Waals surface area contributed by atoms with E-state index in [1.807, 2.05) is 0 Å². The van der Waals surface area contributed by atoms with Crippen LogP contribution in [0.15, 0.2) is 31.8 Å². The summed E-state index contributed by atoms with van der Waals surface area (Å²) in [6.45, 7) is 0. The molecule has 1 saturated carbocycles. The van der Waals surface area contributed by atoms with Gasteiger partial charge in [-0.15, -0.1) is 35.3 Å². The first-order valence-corrected chi connectivity index (χ1v) is 9.77. The van der Waals surface area contributed by atoms with Gasteiger partial charge in [0, 0.05) is 14.7 Å². The van der Waals surface area contributed by atoms with E-state index in [1.165, 1.54) is 20.2 Å². The molecular weight excluding hydrogens is 294 g/mol. The third-order valence-corrected chi connectivity index (χ3v) is 6.27. The summed E-state index contributed by atoms with van der Waals surface area (Å²) in [7, 11) is 0. The van der Waals surface area contributed by atoms with Gasteiger partial charge in [0.1, 0.15) is 0 Å². The van der Waals surface area contributed by atoms with E-state index in [2.05, 4.69) is 35.9 Å². The molecule has 0 atom stereocenters. The topological polar surface area (TPSA) is 29.4 Å². The second-order valence-corrected chi connectivity index (χ2v) is 7.01. The summed E-state index contributed by atoms with van der Waals surface area (Å²) >= 11 is 5.30. The van der Waals surface area contributed by atoms with E-state index >= 15 is 0 Å². The minimum Gasteiger partial charge on any atom is -0.211 e. The van der Waals surface area contributed by atoms with Crippen LogP contribution in [0.1, 0.15) is 24.8 Å². The minimum absolute atomic E-state index is 0.298. The van der Waals surface area contributed by atoms with E-state index in [0.29, 0.717) is 0 Å². The molecule has 0 spiro atoms. The molecule has 0 N–H and O–H groups in total. The quantitative estimate of drug-likeness (QED) is 0.453. The predicted octanol–water partition coefficient (Wildman–Crippen LogP) is 4.57. The van der Waals surface area contributed by atoms with E-state index in [4.69, 9.17) is 0 Å². The number of thioether (sulfide) groups is 3. The molecule has 19 heavy (non-hydrogen) atoms. The zero-order chi connectivity index (χ0) is 13.9. The normalized spacial score (nSPS) is 16.6. The molecule has 0 aromatic heterocycles. The average molecular weight is 311 g/mol. The lowest BCUT2D eigenvalue weighted by Crippen LogP contribution is -2.32. The van der Waals surface area contributed by atoms with Crippen molar-refractivity contribution in [1.82, 2.24) is 0 Å². The highest BCUT2D eigenvalue weighted by molar-refractivity contribution is 8.03. The van der Waals surface area contributed by atoms with Crippen molar-refractivity contribution in [3.63, 3.8) is 0 Å². The Hall–Kier alpha value is -0.350. The standard InChI is InChI=1S/C14H17NOS3/c1-17-11-7-10(8-12(18-2)13(11)19-3)14(15-9-16)5-4-6-14/h7-8H,4-6H2,1-3H3. The van der Waals surface area contributed by atoms with Gasteiger partial charge in [0.15, 0.2) is 0 Å². The second kappa shape index (κ2) is 6.40. The molecule has 0 bridgehead atoms. The number of benzene rings is 1. The summed E-state index contributed by atoms with van der Waals surface area (Å²) in [5, 5.41) is 0. The van der Waals surface area contributed by atoms with Crippen molar-refractivity contribution in [2.75, 3.05) is 18.8 Å². The average Bonchev–Trinajstić information content (AvgIpc) is 2.41. The van der Waals surface area contributed by atoms with Gasteiger partial charge < -0.3 is 0 Å². The lowest BCUT2D eigenvalue weighted by molar-refractivity contribution is 0.255. The van der Waals surface area contributed by atoms with Crippen molar-refractivity contribution in [3.8, 4) is 0 Å². The fourth-order valence-electron chi connectivity index (χ4n) is 2.41. The SMILES string of the molecule is CSc1cc(C2(N=C=O)CCC2)cc(SC)c1SC. The van der Waals surface area contributed by atoms with Crippen LogP contribution in [-0.4, -0.2) is 24.8 Å².